The van der Waals surface area contributed by atoms with Crippen LogP contribution in [-0.2, 0) is 9.84 Å². The number of hydrogen-bond acceptors (Lipinski definition) is 6. The Morgan fingerprint density at radius 2 is 2.00 bits per heavy atom. The van der Waals surface area contributed by atoms with E-state index in [1.807, 2.05) is 0 Å². The third kappa shape index (κ3) is 3.89. The van der Waals surface area contributed by atoms with Gasteiger partial charge in [-0.25, -0.2) is 13.1 Å². The van der Waals surface area contributed by atoms with Crippen molar-refractivity contribution in [2.75, 3.05) is 25.7 Å². The molecule has 1 aliphatic rings. The number of rotatable bonds is 5. The van der Waals surface area contributed by atoms with E-state index in [4.69, 9.17) is 21.1 Å². The van der Waals surface area contributed by atoms with Crippen LogP contribution in [0.1, 0.15) is 23.7 Å². The minimum absolute atomic E-state index is 0.0364. The first-order valence-corrected chi connectivity index (χ1v) is 10.4. The van der Waals surface area contributed by atoms with Crippen molar-refractivity contribution >= 4 is 33.3 Å². The summed E-state index contributed by atoms with van der Waals surface area (Å²) in [6, 6.07) is 2.81. The van der Waals surface area contributed by atoms with E-state index in [1.54, 1.807) is 19.1 Å². The average molecular weight is 414 g/mol. The van der Waals surface area contributed by atoms with Crippen molar-refractivity contribution in [1.82, 2.24) is 9.78 Å². The van der Waals surface area contributed by atoms with Crippen LogP contribution in [0.2, 0.25) is 5.02 Å². The Bertz CT molecular complexity index is 1060. The molecule has 1 aliphatic heterocycles. The lowest BCUT2D eigenvalue weighted by Crippen LogP contribution is -2.25. The lowest BCUT2D eigenvalue weighted by atomic mass is 10.2. The van der Waals surface area contributed by atoms with E-state index in [9.17, 15) is 13.2 Å². The van der Waals surface area contributed by atoms with Crippen molar-refractivity contribution in [3.63, 3.8) is 0 Å². The highest BCUT2D eigenvalue weighted by Gasteiger charge is 2.31. The summed E-state index contributed by atoms with van der Waals surface area (Å²) in [5.41, 5.74) is 1.09. The molecule has 0 aliphatic carbocycles. The molecule has 1 saturated heterocycles. The van der Waals surface area contributed by atoms with Crippen LogP contribution in [-0.4, -0.2) is 50.1 Å². The molecule has 1 N–H and O–H groups in total. The van der Waals surface area contributed by atoms with Crippen molar-refractivity contribution in [1.29, 1.82) is 0 Å². The molecule has 0 radical (unpaired) electrons. The zero-order chi connectivity index (χ0) is 19.8. The lowest BCUT2D eigenvalue weighted by molar-refractivity contribution is 0.395. The molecule has 0 amide bonds. The fourth-order valence-corrected chi connectivity index (χ4v) is 4.98. The van der Waals surface area contributed by atoms with Gasteiger partial charge in [0, 0.05) is 18.0 Å². The summed E-state index contributed by atoms with van der Waals surface area (Å²) in [5, 5.41) is 3.32. The van der Waals surface area contributed by atoms with Gasteiger partial charge in [-0.05, 0) is 19.4 Å². The summed E-state index contributed by atoms with van der Waals surface area (Å²) in [7, 11) is -0.101. The van der Waals surface area contributed by atoms with Gasteiger partial charge in [0.15, 0.2) is 9.84 Å². The predicted molar refractivity (Wildman–Crippen MR) is 104 cm³/mol. The largest absolute Gasteiger partial charge is 0.495 e. The maximum Gasteiger partial charge on any atom is 0.275 e. The van der Waals surface area contributed by atoms with Crippen LogP contribution in [0.25, 0.3) is 0 Å². The number of nitrogens with zero attached hydrogens (tertiary/aromatic N) is 2. The van der Waals surface area contributed by atoms with Crippen LogP contribution in [0.15, 0.2) is 21.9 Å². The first-order valence-electron chi connectivity index (χ1n) is 8.23. The van der Waals surface area contributed by atoms with Gasteiger partial charge < -0.3 is 9.47 Å². The topological polar surface area (TPSA) is 103 Å². The van der Waals surface area contributed by atoms with Crippen LogP contribution in [0.3, 0.4) is 0 Å². The first-order chi connectivity index (χ1) is 12.8. The molecule has 0 bridgehead atoms. The molecule has 1 atom stereocenters. The van der Waals surface area contributed by atoms with E-state index in [0.717, 1.165) is 0 Å². The molecule has 0 saturated carbocycles. The SMILES string of the molecule is COc1cc(OC)c(N=Cc2c(C)[nH]n([C@H]3CCS(=O)(=O)C3)c2=O)cc1Cl. The molecule has 3 rings (SSSR count). The number of halogens is 1. The van der Waals surface area contributed by atoms with Gasteiger partial charge in [0.1, 0.15) is 17.2 Å². The summed E-state index contributed by atoms with van der Waals surface area (Å²) in [6.07, 6.45) is 1.84. The molecule has 1 fully saturated rings. The Balaban J connectivity index is 1.95. The van der Waals surface area contributed by atoms with Gasteiger partial charge >= 0.3 is 0 Å². The van der Waals surface area contributed by atoms with Crippen LogP contribution >= 0.6 is 11.6 Å². The predicted octanol–water partition coefficient (Wildman–Crippen LogP) is 2.27. The number of aryl methyl sites for hydroxylation is 1. The molecule has 27 heavy (non-hydrogen) atoms. The Morgan fingerprint density at radius 3 is 2.59 bits per heavy atom. The number of sulfone groups is 1. The second-order valence-electron chi connectivity index (χ2n) is 6.30. The van der Waals surface area contributed by atoms with Gasteiger partial charge in [-0.1, -0.05) is 11.6 Å². The highest BCUT2D eigenvalue weighted by molar-refractivity contribution is 7.91. The third-order valence-corrected chi connectivity index (χ3v) is 6.55. The fourth-order valence-electron chi connectivity index (χ4n) is 3.05. The molecule has 10 heteroatoms. The third-order valence-electron chi connectivity index (χ3n) is 4.50. The summed E-state index contributed by atoms with van der Waals surface area (Å²) in [5.74, 6) is 0.955. The van der Waals surface area contributed by atoms with Crippen LogP contribution < -0.4 is 15.0 Å². The standard InChI is InChI=1S/C17H20ClN3O5S/c1-10-12(17(22)21(20-10)11-4-5-27(23,24)9-11)8-19-14-6-13(18)15(25-2)7-16(14)26-3/h6-8,11,20H,4-5,9H2,1-3H3/t11-/m0/s1. The first kappa shape index (κ1) is 19.5. The van der Waals surface area contributed by atoms with Gasteiger partial charge in [-0.3, -0.25) is 14.9 Å². The molecule has 146 valence electrons. The number of aliphatic imine (C=N–C) groups is 1. The van der Waals surface area contributed by atoms with Crippen molar-refractivity contribution in [2.24, 2.45) is 4.99 Å². The van der Waals surface area contributed by atoms with Gasteiger partial charge in [-0.2, -0.15) is 0 Å². The number of aromatic nitrogens is 2. The molecule has 0 spiro atoms. The minimum atomic E-state index is -3.10. The number of H-pyrrole nitrogens is 1. The summed E-state index contributed by atoms with van der Waals surface area (Å²) in [6.45, 7) is 1.74. The maximum atomic E-state index is 12.7. The number of hydrogen-bond donors (Lipinski definition) is 1. The summed E-state index contributed by atoms with van der Waals surface area (Å²) in [4.78, 5) is 17.0. The fraction of sp³-hybridized carbons (Fsp3) is 0.412. The summed E-state index contributed by atoms with van der Waals surface area (Å²) < 4.78 is 35.2. The second-order valence-corrected chi connectivity index (χ2v) is 8.94. The number of benzene rings is 1. The lowest BCUT2D eigenvalue weighted by Gasteiger charge is -2.08. The van der Waals surface area contributed by atoms with E-state index in [-0.39, 0.29) is 23.1 Å². The van der Waals surface area contributed by atoms with Crippen molar-refractivity contribution in [3.8, 4) is 11.5 Å². The summed E-state index contributed by atoms with van der Waals surface area (Å²) >= 11 is 6.14. The van der Waals surface area contributed by atoms with Crippen molar-refractivity contribution in [3.05, 3.63) is 38.8 Å². The normalized spacial score (nSPS) is 18.9. The number of aromatic amines is 1. The van der Waals surface area contributed by atoms with Gasteiger partial charge in [-0.15, -0.1) is 0 Å². The van der Waals surface area contributed by atoms with Crippen LogP contribution in [0.5, 0.6) is 11.5 Å². The van der Waals surface area contributed by atoms with E-state index in [2.05, 4.69) is 10.1 Å². The highest BCUT2D eigenvalue weighted by atomic mass is 35.5. The Kier molecular flexibility index (Phi) is 5.34. The molecule has 0 unspecified atom stereocenters. The molecule has 1 aromatic carbocycles. The molecule has 8 nitrogen and oxygen atoms in total. The van der Waals surface area contributed by atoms with Gasteiger partial charge in [0.05, 0.1) is 42.4 Å². The number of nitrogens with one attached hydrogen (secondary N) is 1. The maximum absolute atomic E-state index is 12.7. The molecular formula is C17H20ClN3O5S. The quantitative estimate of drug-likeness (QED) is 0.757. The highest BCUT2D eigenvalue weighted by Crippen LogP contribution is 2.37. The van der Waals surface area contributed by atoms with E-state index < -0.39 is 9.84 Å². The van der Waals surface area contributed by atoms with Gasteiger partial charge in [0.25, 0.3) is 5.56 Å². The molecule has 2 heterocycles. The Hall–Kier alpha value is -2.26. The second kappa shape index (κ2) is 7.40. The molecular weight excluding hydrogens is 394 g/mol. The monoisotopic (exact) mass is 413 g/mol. The zero-order valence-corrected chi connectivity index (χ0v) is 16.7. The smallest absolute Gasteiger partial charge is 0.275 e. The Labute approximate surface area is 161 Å². The van der Waals surface area contributed by atoms with E-state index in [1.165, 1.54) is 25.1 Å². The number of methoxy groups -OCH3 is 2. The Morgan fingerprint density at radius 1 is 1.30 bits per heavy atom. The molecule has 2 aromatic rings. The minimum Gasteiger partial charge on any atom is -0.495 e. The van der Waals surface area contributed by atoms with Crippen molar-refractivity contribution in [2.45, 2.75) is 19.4 Å². The van der Waals surface area contributed by atoms with Crippen LogP contribution in [0, 0.1) is 6.92 Å². The number of ether oxygens (including phenoxy) is 2. The molecule has 1 aromatic heterocycles. The van der Waals surface area contributed by atoms with Gasteiger partial charge in [0.2, 0.25) is 0 Å². The van der Waals surface area contributed by atoms with Crippen LogP contribution in [0.4, 0.5) is 5.69 Å². The average Bonchev–Trinajstić information content (AvgIpc) is 3.12. The van der Waals surface area contributed by atoms with Crippen molar-refractivity contribution < 1.29 is 17.9 Å². The van der Waals surface area contributed by atoms with E-state index >= 15 is 0 Å². The zero-order valence-electron chi connectivity index (χ0n) is 15.2. The van der Waals surface area contributed by atoms with E-state index in [0.29, 0.717) is 39.9 Å².